The molecule has 0 saturated carbocycles. The highest BCUT2D eigenvalue weighted by Crippen LogP contribution is 2.33. The second kappa shape index (κ2) is 5.44. The molecule has 21 heavy (non-hydrogen) atoms. The zero-order chi connectivity index (χ0) is 15.0. The van der Waals surface area contributed by atoms with Gasteiger partial charge in [-0.3, -0.25) is 4.79 Å². The summed E-state index contributed by atoms with van der Waals surface area (Å²) >= 11 is 1.67. The molecule has 0 spiro atoms. The van der Waals surface area contributed by atoms with Crippen LogP contribution in [0.1, 0.15) is 39.7 Å². The summed E-state index contributed by atoms with van der Waals surface area (Å²) in [4.78, 5) is 13.4. The first-order valence-electron chi connectivity index (χ1n) is 6.68. The maximum atomic E-state index is 13.4. The Morgan fingerprint density at radius 1 is 1.33 bits per heavy atom. The Morgan fingerprint density at radius 2 is 2.05 bits per heavy atom. The second-order valence-corrected chi connectivity index (χ2v) is 6.07. The van der Waals surface area contributed by atoms with Crippen molar-refractivity contribution in [3.05, 3.63) is 51.2 Å². The number of hydrogen-bond acceptors (Lipinski definition) is 3. The van der Waals surface area contributed by atoms with Crippen LogP contribution in [0, 0.1) is 11.6 Å². The van der Waals surface area contributed by atoms with E-state index in [4.69, 9.17) is 5.73 Å². The van der Waals surface area contributed by atoms with Crippen molar-refractivity contribution in [2.45, 2.75) is 25.3 Å². The molecule has 1 aliphatic carbocycles. The lowest BCUT2D eigenvalue weighted by molar-refractivity contribution is 0.0932. The number of thiophene rings is 1. The van der Waals surface area contributed by atoms with Crippen molar-refractivity contribution >= 4 is 22.9 Å². The number of carbonyl (C=O) groups is 1. The van der Waals surface area contributed by atoms with Gasteiger partial charge in [-0.1, -0.05) is 0 Å². The van der Waals surface area contributed by atoms with Gasteiger partial charge < -0.3 is 11.1 Å². The molecule has 1 aromatic carbocycles. The number of amides is 1. The van der Waals surface area contributed by atoms with Crippen LogP contribution in [0.15, 0.2) is 23.6 Å². The van der Waals surface area contributed by atoms with Gasteiger partial charge in [0.2, 0.25) is 0 Å². The second-order valence-electron chi connectivity index (χ2n) is 5.07. The SMILES string of the molecule is Nc1c(F)cc(C(=O)NC2CCCc3sccc32)cc1F. The van der Waals surface area contributed by atoms with Crippen molar-refractivity contribution in [2.24, 2.45) is 0 Å². The summed E-state index contributed by atoms with van der Waals surface area (Å²) < 4.78 is 26.9. The van der Waals surface area contributed by atoms with Gasteiger partial charge in [0.15, 0.2) is 0 Å². The molecule has 3 nitrogen and oxygen atoms in total. The summed E-state index contributed by atoms with van der Waals surface area (Å²) in [6, 6.07) is 3.82. The van der Waals surface area contributed by atoms with Crippen molar-refractivity contribution in [1.29, 1.82) is 0 Å². The van der Waals surface area contributed by atoms with Gasteiger partial charge in [0.1, 0.15) is 17.3 Å². The first kappa shape index (κ1) is 14.0. The molecule has 1 atom stereocenters. The first-order valence-corrected chi connectivity index (χ1v) is 7.56. The highest BCUT2D eigenvalue weighted by Gasteiger charge is 2.23. The largest absolute Gasteiger partial charge is 0.394 e. The van der Waals surface area contributed by atoms with Gasteiger partial charge in [-0.2, -0.15) is 0 Å². The molecule has 0 fully saturated rings. The molecule has 1 unspecified atom stereocenters. The molecule has 110 valence electrons. The van der Waals surface area contributed by atoms with E-state index in [0.29, 0.717) is 0 Å². The molecule has 3 N–H and O–H groups in total. The third kappa shape index (κ3) is 2.63. The molecule has 1 aromatic heterocycles. The number of hydrogen-bond donors (Lipinski definition) is 2. The number of aryl methyl sites for hydroxylation is 1. The number of nitrogens with two attached hydrogens (primary N) is 1. The molecule has 1 aliphatic rings. The monoisotopic (exact) mass is 308 g/mol. The van der Waals surface area contributed by atoms with E-state index in [0.717, 1.165) is 37.0 Å². The van der Waals surface area contributed by atoms with Gasteiger partial charge in [-0.05, 0) is 48.4 Å². The molecule has 0 radical (unpaired) electrons. The number of nitrogen functional groups attached to an aromatic ring is 1. The normalized spacial score (nSPS) is 17.3. The zero-order valence-corrected chi connectivity index (χ0v) is 12.0. The number of carbonyl (C=O) groups excluding carboxylic acids is 1. The van der Waals surface area contributed by atoms with Crippen LogP contribution in [-0.2, 0) is 6.42 Å². The number of fused-ring (bicyclic) bond motifs is 1. The van der Waals surface area contributed by atoms with E-state index in [9.17, 15) is 13.6 Å². The molecular formula is C15H14F2N2OS. The van der Waals surface area contributed by atoms with Gasteiger partial charge in [-0.15, -0.1) is 11.3 Å². The van der Waals surface area contributed by atoms with Gasteiger partial charge in [0.05, 0.1) is 6.04 Å². The molecule has 0 saturated heterocycles. The van der Waals surface area contributed by atoms with E-state index in [1.54, 1.807) is 11.3 Å². The Morgan fingerprint density at radius 3 is 2.76 bits per heavy atom. The van der Waals surface area contributed by atoms with E-state index >= 15 is 0 Å². The molecule has 6 heteroatoms. The summed E-state index contributed by atoms with van der Waals surface area (Å²) in [7, 11) is 0. The maximum Gasteiger partial charge on any atom is 0.251 e. The Bertz CT molecular complexity index is 676. The predicted octanol–water partition coefficient (Wildman–Crippen LogP) is 3.42. The van der Waals surface area contributed by atoms with Crippen LogP contribution in [0.3, 0.4) is 0 Å². The third-order valence-electron chi connectivity index (χ3n) is 3.70. The van der Waals surface area contributed by atoms with Gasteiger partial charge in [0, 0.05) is 10.4 Å². The van der Waals surface area contributed by atoms with Crippen molar-refractivity contribution in [2.75, 3.05) is 5.73 Å². The fourth-order valence-electron chi connectivity index (χ4n) is 2.59. The van der Waals surface area contributed by atoms with Crippen molar-refractivity contribution < 1.29 is 13.6 Å². The van der Waals surface area contributed by atoms with E-state index in [1.165, 1.54) is 4.88 Å². The topological polar surface area (TPSA) is 55.1 Å². The van der Waals surface area contributed by atoms with E-state index in [1.807, 2.05) is 11.4 Å². The molecule has 1 amide bonds. The van der Waals surface area contributed by atoms with E-state index in [-0.39, 0.29) is 11.6 Å². The molecule has 0 bridgehead atoms. The van der Waals surface area contributed by atoms with Crippen LogP contribution >= 0.6 is 11.3 Å². The smallest absolute Gasteiger partial charge is 0.251 e. The minimum atomic E-state index is -0.917. The fourth-order valence-corrected chi connectivity index (χ4v) is 3.58. The predicted molar refractivity (Wildman–Crippen MR) is 78.2 cm³/mol. The van der Waals surface area contributed by atoms with Crippen molar-refractivity contribution in [3.63, 3.8) is 0 Å². The zero-order valence-electron chi connectivity index (χ0n) is 11.2. The molecule has 3 rings (SSSR count). The third-order valence-corrected chi connectivity index (χ3v) is 4.70. The summed E-state index contributed by atoms with van der Waals surface area (Å²) in [5.41, 5.74) is 5.69. The van der Waals surface area contributed by atoms with Gasteiger partial charge in [0.25, 0.3) is 5.91 Å². The highest BCUT2D eigenvalue weighted by molar-refractivity contribution is 7.10. The highest BCUT2D eigenvalue weighted by atomic mass is 32.1. The van der Waals surface area contributed by atoms with Crippen LogP contribution < -0.4 is 11.1 Å². The van der Waals surface area contributed by atoms with Crippen molar-refractivity contribution in [1.82, 2.24) is 5.32 Å². The van der Waals surface area contributed by atoms with Gasteiger partial charge >= 0.3 is 0 Å². The van der Waals surface area contributed by atoms with Crippen LogP contribution in [0.25, 0.3) is 0 Å². The first-order chi connectivity index (χ1) is 10.1. The Balaban J connectivity index is 1.82. The molecule has 0 aliphatic heterocycles. The van der Waals surface area contributed by atoms with E-state index < -0.39 is 23.2 Å². The average Bonchev–Trinajstić information content (AvgIpc) is 2.93. The Hall–Kier alpha value is -1.95. The number of anilines is 1. The van der Waals surface area contributed by atoms with Crippen LogP contribution in [0.5, 0.6) is 0 Å². The fraction of sp³-hybridized carbons (Fsp3) is 0.267. The summed E-state index contributed by atoms with van der Waals surface area (Å²) in [6.45, 7) is 0. The van der Waals surface area contributed by atoms with Crippen LogP contribution in [0.2, 0.25) is 0 Å². The minimum Gasteiger partial charge on any atom is -0.394 e. The average molecular weight is 308 g/mol. The standard InChI is InChI=1S/C15H14F2N2OS/c16-10-6-8(7-11(17)14(10)18)15(20)19-12-2-1-3-13-9(12)4-5-21-13/h4-7,12H,1-3,18H2,(H,19,20). The van der Waals surface area contributed by atoms with Crippen LogP contribution in [-0.4, -0.2) is 5.91 Å². The number of halogens is 2. The minimum absolute atomic E-state index is 0.0541. The lowest BCUT2D eigenvalue weighted by Crippen LogP contribution is -2.30. The number of benzene rings is 1. The Kier molecular flexibility index (Phi) is 3.63. The maximum absolute atomic E-state index is 13.4. The Labute approximate surface area is 124 Å². The lowest BCUT2D eigenvalue weighted by Gasteiger charge is -2.23. The summed E-state index contributed by atoms with van der Waals surface area (Å²) in [6.07, 6.45) is 2.84. The molecular weight excluding hydrogens is 294 g/mol. The summed E-state index contributed by atoms with van der Waals surface area (Å²) in [5, 5.41) is 4.84. The van der Waals surface area contributed by atoms with Crippen molar-refractivity contribution in [3.8, 4) is 0 Å². The van der Waals surface area contributed by atoms with Gasteiger partial charge in [-0.25, -0.2) is 8.78 Å². The lowest BCUT2D eigenvalue weighted by atomic mass is 9.94. The number of rotatable bonds is 2. The molecule has 1 heterocycles. The number of nitrogens with one attached hydrogen (secondary N) is 1. The summed E-state index contributed by atoms with van der Waals surface area (Å²) in [5.74, 6) is -2.32. The molecule has 2 aromatic rings. The van der Waals surface area contributed by atoms with Crippen LogP contribution in [0.4, 0.5) is 14.5 Å². The van der Waals surface area contributed by atoms with E-state index in [2.05, 4.69) is 5.32 Å². The quantitative estimate of drug-likeness (QED) is 0.835.